The molecule has 1 saturated heterocycles. The monoisotopic (exact) mass is 287 g/mol. The fourth-order valence-electron chi connectivity index (χ4n) is 2.69. The molecule has 0 aliphatic carbocycles. The summed E-state index contributed by atoms with van der Waals surface area (Å²) < 4.78 is 13.2. The van der Waals surface area contributed by atoms with Crippen LogP contribution in [0.15, 0.2) is 43.0 Å². The van der Waals surface area contributed by atoms with Gasteiger partial charge in [-0.2, -0.15) is 0 Å². The summed E-state index contributed by atoms with van der Waals surface area (Å²) in [5.74, 6) is 0.913. The highest BCUT2D eigenvalue weighted by molar-refractivity contribution is 5.28. The summed E-state index contributed by atoms with van der Waals surface area (Å²) in [6.45, 7) is 4.48. The zero-order valence-electron chi connectivity index (χ0n) is 12.3. The second kappa shape index (κ2) is 6.74. The van der Waals surface area contributed by atoms with Gasteiger partial charge in [0.15, 0.2) is 0 Å². The van der Waals surface area contributed by atoms with E-state index < -0.39 is 0 Å². The molecule has 1 aromatic heterocycles. The molecule has 3 rings (SSSR count). The van der Waals surface area contributed by atoms with E-state index in [9.17, 15) is 0 Å². The van der Waals surface area contributed by atoms with Crippen molar-refractivity contribution in [3.05, 3.63) is 48.5 Å². The first-order valence-electron chi connectivity index (χ1n) is 7.26. The average Bonchev–Trinajstić information content (AvgIpc) is 3.01. The van der Waals surface area contributed by atoms with E-state index in [2.05, 4.69) is 26.6 Å². The molecule has 0 amide bonds. The quantitative estimate of drug-likeness (QED) is 0.840. The zero-order valence-corrected chi connectivity index (χ0v) is 12.3. The Morgan fingerprint density at radius 3 is 3.19 bits per heavy atom. The minimum Gasteiger partial charge on any atom is -0.497 e. The highest BCUT2D eigenvalue weighted by Gasteiger charge is 2.20. The number of rotatable bonds is 5. The van der Waals surface area contributed by atoms with Crippen LogP contribution >= 0.6 is 0 Å². The average molecular weight is 287 g/mol. The Hall–Kier alpha value is -1.85. The third-order valence-corrected chi connectivity index (χ3v) is 3.74. The van der Waals surface area contributed by atoms with Gasteiger partial charge in [0.25, 0.3) is 0 Å². The van der Waals surface area contributed by atoms with Gasteiger partial charge < -0.3 is 14.0 Å². The van der Waals surface area contributed by atoms with Crippen molar-refractivity contribution in [1.29, 1.82) is 0 Å². The van der Waals surface area contributed by atoms with Crippen molar-refractivity contribution < 1.29 is 9.47 Å². The van der Waals surface area contributed by atoms with E-state index >= 15 is 0 Å². The molecule has 2 heterocycles. The van der Waals surface area contributed by atoms with Crippen molar-refractivity contribution in [2.24, 2.45) is 0 Å². The van der Waals surface area contributed by atoms with Crippen LogP contribution in [-0.4, -0.2) is 47.4 Å². The summed E-state index contributed by atoms with van der Waals surface area (Å²) in [6.07, 6.45) is 5.84. The van der Waals surface area contributed by atoms with Crippen LogP contribution in [0.5, 0.6) is 5.75 Å². The molecule has 112 valence electrons. The number of hydrogen-bond acceptors (Lipinski definition) is 4. The molecule has 1 fully saturated rings. The van der Waals surface area contributed by atoms with Gasteiger partial charge >= 0.3 is 0 Å². The van der Waals surface area contributed by atoms with Gasteiger partial charge in [-0.3, -0.25) is 4.90 Å². The summed E-state index contributed by atoms with van der Waals surface area (Å²) in [6, 6.07) is 8.26. The van der Waals surface area contributed by atoms with Crippen molar-refractivity contribution in [2.45, 2.75) is 19.2 Å². The standard InChI is InChI=1S/C16H21N3O2/c1-20-15-4-2-3-14(9-15)10-18-7-8-21-16(11-18)12-19-6-5-17-13-19/h2-6,9,13,16H,7-8,10-12H2,1H3. The van der Waals surface area contributed by atoms with E-state index in [1.165, 1.54) is 5.56 Å². The van der Waals surface area contributed by atoms with Crippen LogP contribution in [0.3, 0.4) is 0 Å². The Kier molecular flexibility index (Phi) is 4.52. The predicted octanol–water partition coefficient (Wildman–Crippen LogP) is 1.79. The maximum Gasteiger partial charge on any atom is 0.119 e. The number of benzene rings is 1. The fraction of sp³-hybridized carbons (Fsp3) is 0.438. The van der Waals surface area contributed by atoms with Crippen LogP contribution in [0.1, 0.15) is 5.56 Å². The highest BCUT2D eigenvalue weighted by Crippen LogP contribution is 2.16. The molecule has 0 N–H and O–H groups in total. The summed E-state index contributed by atoms with van der Waals surface area (Å²) in [4.78, 5) is 6.50. The number of hydrogen-bond donors (Lipinski definition) is 0. The lowest BCUT2D eigenvalue weighted by molar-refractivity contribution is -0.0387. The number of imidazole rings is 1. The summed E-state index contributed by atoms with van der Waals surface area (Å²) >= 11 is 0. The Labute approximate surface area is 125 Å². The molecule has 0 radical (unpaired) electrons. The first-order chi connectivity index (χ1) is 10.3. The maximum absolute atomic E-state index is 5.85. The van der Waals surface area contributed by atoms with E-state index in [4.69, 9.17) is 9.47 Å². The van der Waals surface area contributed by atoms with Crippen LogP contribution in [0.2, 0.25) is 0 Å². The third kappa shape index (κ3) is 3.83. The number of nitrogens with zero attached hydrogens (tertiary/aromatic N) is 3. The van der Waals surface area contributed by atoms with Crippen molar-refractivity contribution in [2.75, 3.05) is 26.8 Å². The van der Waals surface area contributed by atoms with Gasteiger partial charge in [0.1, 0.15) is 5.75 Å². The molecule has 1 atom stereocenters. The second-order valence-electron chi connectivity index (χ2n) is 5.34. The Morgan fingerprint density at radius 2 is 2.38 bits per heavy atom. The lowest BCUT2D eigenvalue weighted by atomic mass is 10.1. The van der Waals surface area contributed by atoms with Crippen LogP contribution in [0.25, 0.3) is 0 Å². The van der Waals surface area contributed by atoms with E-state index in [0.717, 1.165) is 38.5 Å². The lowest BCUT2D eigenvalue weighted by Gasteiger charge is -2.33. The van der Waals surface area contributed by atoms with Gasteiger partial charge in [-0.1, -0.05) is 12.1 Å². The van der Waals surface area contributed by atoms with Gasteiger partial charge in [-0.15, -0.1) is 0 Å². The minimum absolute atomic E-state index is 0.221. The predicted molar refractivity (Wildman–Crippen MR) is 80.2 cm³/mol. The molecule has 21 heavy (non-hydrogen) atoms. The van der Waals surface area contributed by atoms with Gasteiger partial charge in [-0.05, 0) is 17.7 Å². The minimum atomic E-state index is 0.221. The number of methoxy groups -OCH3 is 1. The molecular formula is C16H21N3O2. The lowest BCUT2D eigenvalue weighted by Crippen LogP contribution is -2.43. The van der Waals surface area contributed by atoms with Crippen molar-refractivity contribution in [1.82, 2.24) is 14.5 Å². The van der Waals surface area contributed by atoms with Gasteiger partial charge in [0.05, 0.1) is 32.7 Å². The Morgan fingerprint density at radius 1 is 1.43 bits per heavy atom. The number of aromatic nitrogens is 2. The highest BCUT2D eigenvalue weighted by atomic mass is 16.5. The van der Waals surface area contributed by atoms with Crippen molar-refractivity contribution >= 4 is 0 Å². The number of morpholine rings is 1. The molecule has 2 aromatic rings. The molecule has 1 aromatic carbocycles. The van der Waals surface area contributed by atoms with Crippen molar-refractivity contribution in [3.8, 4) is 5.75 Å². The molecule has 0 saturated carbocycles. The molecule has 0 bridgehead atoms. The van der Waals surface area contributed by atoms with Crippen molar-refractivity contribution in [3.63, 3.8) is 0 Å². The summed E-state index contributed by atoms with van der Waals surface area (Å²) in [5.41, 5.74) is 1.28. The van der Waals surface area contributed by atoms with Crippen LogP contribution in [0.4, 0.5) is 0 Å². The maximum atomic E-state index is 5.85. The Balaban J connectivity index is 1.58. The largest absolute Gasteiger partial charge is 0.497 e. The molecule has 1 unspecified atom stereocenters. The van der Waals surface area contributed by atoms with E-state index in [1.54, 1.807) is 13.3 Å². The van der Waals surface area contributed by atoms with Gasteiger partial charge in [-0.25, -0.2) is 4.98 Å². The Bertz CT molecular complexity index is 556. The smallest absolute Gasteiger partial charge is 0.119 e. The first kappa shape index (κ1) is 14.1. The first-order valence-corrected chi connectivity index (χ1v) is 7.26. The van der Waals surface area contributed by atoms with E-state index in [-0.39, 0.29) is 6.10 Å². The molecular weight excluding hydrogens is 266 g/mol. The zero-order chi connectivity index (χ0) is 14.5. The third-order valence-electron chi connectivity index (χ3n) is 3.74. The van der Waals surface area contributed by atoms with Gasteiger partial charge in [0, 0.05) is 32.0 Å². The fourth-order valence-corrected chi connectivity index (χ4v) is 2.69. The SMILES string of the molecule is COc1cccc(CN2CCOC(Cn3ccnc3)C2)c1. The van der Waals surface area contributed by atoms with Crippen LogP contribution in [0, 0.1) is 0 Å². The molecule has 5 nitrogen and oxygen atoms in total. The topological polar surface area (TPSA) is 39.5 Å². The molecule has 5 heteroatoms. The second-order valence-corrected chi connectivity index (χ2v) is 5.34. The van der Waals surface area contributed by atoms with Crippen LogP contribution < -0.4 is 4.74 Å². The van der Waals surface area contributed by atoms with Crippen LogP contribution in [-0.2, 0) is 17.8 Å². The molecule has 1 aliphatic heterocycles. The molecule has 0 spiro atoms. The molecule has 1 aliphatic rings. The van der Waals surface area contributed by atoms with E-state index in [1.807, 2.05) is 24.7 Å². The number of ether oxygens (including phenoxy) is 2. The summed E-state index contributed by atoms with van der Waals surface area (Å²) in [7, 11) is 1.70. The van der Waals surface area contributed by atoms with Gasteiger partial charge in [0.2, 0.25) is 0 Å². The van der Waals surface area contributed by atoms with E-state index in [0.29, 0.717) is 0 Å². The summed E-state index contributed by atoms with van der Waals surface area (Å²) in [5, 5.41) is 0. The normalized spacial score (nSPS) is 19.6.